The van der Waals surface area contributed by atoms with Crippen LogP contribution in [0.3, 0.4) is 0 Å². The molecule has 8 heteroatoms. The molecule has 116 valence electrons. The van der Waals surface area contributed by atoms with E-state index in [0.717, 1.165) is 10.4 Å². The van der Waals surface area contributed by atoms with Gasteiger partial charge in [0.1, 0.15) is 0 Å². The van der Waals surface area contributed by atoms with Gasteiger partial charge in [-0.15, -0.1) is 16.4 Å². The van der Waals surface area contributed by atoms with Crippen LogP contribution in [0.5, 0.6) is 0 Å². The Balaban J connectivity index is 1.72. The first-order chi connectivity index (χ1) is 10.5. The van der Waals surface area contributed by atoms with Crippen molar-refractivity contribution >= 4 is 40.1 Å². The normalized spacial score (nSPS) is 18.2. The van der Waals surface area contributed by atoms with Gasteiger partial charge in [-0.25, -0.2) is 0 Å². The predicted octanol–water partition coefficient (Wildman–Crippen LogP) is 2.74. The number of hydrogen-bond acceptors (Lipinski definition) is 7. The number of aromatic nitrogens is 2. The molecular weight excluding hydrogens is 322 g/mol. The molecule has 1 amide bonds. The number of anilines is 1. The molecule has 1 saturated heterocycles. The van der Waals surface area contributed by atoms with Crippen molar-refractivity contribution in [2.75, 3.05) is 17.2 Å². The summed E-state index contributed by atoms with van der Waals surface area (Å²) in [5.74, 6) is 1.19. The van der Waals surface area contributed by atoms with Gasteiger partial charge in [0.2, 0.25) is 5.91 Å². The minimum atomic E-state index is -0.0350. The summed E-state index contributed by atoms with van der Waals surface area (Å²) in [6, 6.07) is 2.23. The van der Waals surface area contributed by atoms with Crippen molar-refractivity contribution in [3.63, 3.8) is 0 Å². The smallest absolute Gasteiger partial charge is 0.325 e. The second kappa shape index (κ2) is 6.21. The van der Waals surface area contributed by atoms with Crippen LogP contribution >= 0.6 is 23.1 Å². The van der Waals surface area contributed by atoms with Gasteiger partial charge in [0.25, 0.3) is 5.89 Å². The van der Waals surface area contributed by atoms with Gasteiger partial charge in [0.15, 0.2) is 5.12 Å². The van der Waals surface area contributed by atoms with Crippen molar-refractivity contribution < 1.29 is 14.0 Å². The van der Waals surface area contributed by atoms with E-state index in [4.69, 9.17) is 4.42 Å². The first kappa shape index (κ1) is 15.2. The second-order valence-corrected chi connectivity index (χ2v) is 7.31. The highest BCUT2D eigenvalue weighted by molar-refractivity contribution is 8.13. The van der Waals surface area contributed by atoms with Crippen LogP contribution in [-0.4, -0.2) is 33.5 Å². The summed E-state index contributed by atoms with van der Waals surface area (Å²) in [4.78, 5) is 25.6. The zero-order valence-electron chi connectivity index (χ0n) is 12.2. The molecule has 2 aromatic heterocycles. The lowest BCUT2D eigenvalue weighted by Crippen LogP contribution is -2.25. The first-order valence-electron chi connectivity index (χ1n) is 6.86. The molecule has 0 bridgehead atoms. The van der Waals surface area contributed by atoms with Gasteiger partial charge in [-0.05, 0) is 29.9 Å². The zero-order chi connectivity index (χ0) is 15.7. The van der Waals surface area contributed by atoms with Crippen molar-refractivity contribution in [1.29, 1.82) is 0 Å². The number of amides is 1. The van der Waals surface area contributed by atoms with E-state index in [-0.39, 0.29) is 23.0 Å². The number of carbonyl (C=O) groups excluding carboxylic acids is 2. The summed E-state index contributed by atoms with van der Waals surface area (Å²) in [5.41, 5.74) is 1.07. The number of thiophene rings is 1. The van der Waals surface area contributed by atoms with Crippen molar-refractivity contribution in [1.82, 2.24) is 10.2 Å². The van der Waals surface area contributed by atoms with Crippen LogP contribution in [0.25, 0.3) is 10.8 Å². The Bertz CT molecular complexity index is 710. The molecule has 0 spiro atoms. The number of hydrogen-bond donors (Lipinski definition) is 0. The molecule has 0 N–H and O–H groups in total. The van der Waals surface area contributed by atoms with Gasteiger partial charge in [0.05, 0.1) is 4.88 Å². The average Bonchev–Trinajstić information content (AvgIpc) is 3.15. The Morgan fingerprint density at radius 1 is 1.55 bits per heavy atom. The van der Waals surface area contributed by atoms with E-state index in [2.05, 4.69) is 10.2 Å². The summed E-state index contributed by atoms with van der Waals surface area (Å²) in [6.45, 7) is 4.03. The summed E-state index contributed by atoms with van der Waals surface area (Å²) in [6.07, 6.45) is 0.413. The van der Waals surface area contributed by atoms with Crippen LogP contribution < -0.4 is 4.90 Å². The quantitative estimate of drug-likeness (QED) is 0.854. The first-order valence-corrected chi connectivity index (χ1v) is 8.73. The maximum atomic E-state index is 12.1. The fourth-order valence-electron chi connectivity index (χ4n) is 2.32. The number of thioether (sulfide) groups is 1. The minimum absolute atomic E-state index is 0.0350. The van der Waals surface area contributed by atoms with Crippen molar-refractivity contribution in [2.45, 2.75) is 20.3 Å². The monoisotopic (exact) mass is 337 g/mol. The largest absolute Gasteiger partial charge is 0.402 e. The highest BCUT2D eigenvalue weighted by Crippen LogP contribution is 2.32. The third kappa shape index (κ3) is 3.07. The fourth-order valence-corrected chi connectivity index (χ4v) is 3.86. The summed E-state index contributed by atoms with van der Waals surface area (Å²) in [5, 5.41) is 10.1. The summed E-state index contributed by atoms with van der Waals surface area (Å²) >= 11 is 2.78. The molecule has 0 aromatic carbocycles. The number of nitrogens with zero attached hydrogens (tertiary/aromatic N) is 3. The van der Waals surface area contributed by atoms with Gasteiger partial charge >= 0.3 is 6.01 Å². The van der Waals surface area contributed by atoms with E-state index in [1.165, 1.54) is 34.9 Å². The molecule has 3 heterocycles. The Hall–Kier alpha value is -1.67. The predicted molar refractivity (Wildman–Crippen MR) is 85.9 cm³/mol. The molecule has 0 radical (unpaired) electrons. The molecule has 3 rings (SSSR count). The van der Waals surface area contributed by atoms with E-state index in [0.29, 0.717) is 24.6 Å². The molecule has 22 heavy (non-hydrogen) atoms. The van der Waals surface area contributed by atoms with Crippen molar-refractivity contribution in [3.05, 3.63) is 17.0 Å². The van der Waals surface area contributed by atoms with E-state index in [9.17, 15) is 9.59 Å². The maximum absolute atomic E-state index is 12.1. The van der Waals surface area contributed by atoms with Crippen LogP contribution in [0.4, 0.5) is 6.01 Å². The molecule has 2 aromatic rings. The van der Waals surface area contributed by atoms with E-state index in [1.807, 2.05) is 18.4 Å². The Labute approximate surface area is 135 Å². The minimum Gasteiger partial charge on any atom is -0.402 e. The number of rotatable bonds is 4. The summed E-state index contributed by atoms with van der Waals surface area (Å²) in [7, 11) is 0. The lowest BCUT2D eigenvalue weighted by molar-refractivity contribution is -0.117. The molecule has 1 fully saturated rings. The highest BCUT2D eigenvalue weighted by atomic mass is 32.2. The second-order valence-electron chi connectivity index (χ2n) is 5.20. The fraction of sp³-hybridized carbons (Fsp3) is 0.429. The van der Waals surface area contributed by atoms with Crippen LogP contribution in [-0.2, 0) is 9.59 Å². The highest BCUT2D eigenvalue weighted by Gasteiger charge is 2.34. The third-order valence-corrected chi connectivity index (χ3v) is 5.48. The van der Waals surface area contributed by atoms with Gasteiger partial charge in [-0.1, -0.05) is 16.9 Å². The average molecular weight is 337 g/mol. The maximum Gasteiger partial charge on any atom is 0.325 e. The van der Waals surface area contributed by atoms with Gasteiger partial charge in [-0.2, -0.15) is 0 Å². The van der Waals surface area contributed by atoms with Gasteiger partial charge in [0, 0.05) is 25.6 Å². The molecular formula is C14H15N3O3S2. The SMILES string of the molecule is CC(=O)SCC1CC(=O)N(c2nnc(-c3sccc3C)o2)C1. The van der Waals surface area contributed by atoms with Crippen molar-refractivity contribution in [3.8, 4) is 10.8 Å². The number of carbonyl (C=O) groups is 2. The molecule has 0 saturated carbocycles. The lowest BCUT2D eigenvalue weighted by Gasteiger charge is -2.10. The lowest BCUT2D eigenvalue weighted by atomic mass is 10.1. The van der Waals surface area contributed by atoms with Crippen LogP contribution in [0.2, 0.25) is 0 Å². The molecule has 1 aliphatic rings. The molecule has 1 atom stereocenters. The Morgan fingerprint density at radius 2 is 2.36 bits per heavy atom. The van der Waals surface area contributed by atoms with Crippen LogP contribution in [0.15, 0.2) is 15.9 Å². The Morgan fingerprint density at radius 3 is 3.05 bits per heavy atom. The van der Waals surface area contributed by atoms with Gasteiger partial charge < -0.3 is 4.42 Å². The number of aryl methyl sites for hydroxylation is 1. The molecule has 6 nitrogen and oxygen atoms in total. The topological polar surface area (TPSA) is 76.3 Å². The van der Waals surface area contributed by atoms with E-state index in [1.54, 1.807) is 0 Å². The van der Waals surface area contributed by atoms with E-state index < -0.39 is 0 Å². The van der Waals surface area contributed by atoms with Crippen LogP contribution in [0.1, 0.15) is 18.9 Å². The molecule has 0 aliphatic carbocycles. The molecule has 1 aliphatic heterocycles. The third-order valence-electron chi connectivity index (χ3n) is 3.43. The van der Waals surface area contributed by atoms with Crippen molar-refractivity contribution in [2.24, 2.45) is 5.92 Å². The standard InChI is InChI=1S/C14H15N3O3S2/c1-8-3-4-21-12(8)13-15-16-14(20-13)17-6-10(5-11(17)19)7-22-9(2)18/h3-4,10H,5-7H2,1-2H3. The van der Waals surface area contributed by atoms with E-state index >= 15 is 0 Å². The Kier molecular flexibility index (Phi) is 4.30. The molecule has 1 unspecified atom stereocenters. The van der Waals surface area contributed by atoms with Gasteiger partial charge in [-0.3, -0.25) is 14.5 Å². The zero-order valence-corrected chi connectivity index (χ0v) is 13.9. The van der Waals surface area contributed by atoms with Crippen LogP contribution in [0, 0.1) is 12.8 Å². The summed E-state index contributed by atoms with van der Waals surface area (Å²) < 4.78 is 5.66.